The topological polar surface area (TPSA) is 101 Å². The fourth-order valence-corrected chi connectivity index (χ4v) is 1.10. The van der Waals surface area contributed by atoms with E-state index < -0.39 is 5.91 Å². The van der Waals surface area contributed by atoms with Crippen LogP contribution < -0.4 is 17.0 Å². The highest BCUT2D eigenvalue weighted by Gasteiger charge is 2.13. The van der Waals surface area contributed by atoms with E-state index in [0.717, 1.165) is 0 Å². The summed E-state index contributed by atoms with van der Waals surface area (Å²) in [6.07, 6.45) is 0. The van der Waals surface area contributed by atoms with Crippen molar-refractivity contribution in [1.29, 1.82) is 0 Å². The summed E-state index contributed by atoms with van der Waals surface area (Å²) in [4.78, 5) is 11.0. The fourth-order valence-electron chi connectivity index (χ4n) is 0.871. The number of amides is 1. The number of hydrogen-bond donors (Lipinski definition) is 4. The van der Waals surface area contributed by atoms with Crippen molar-refractivity contribution in [2.45, 2.75) is 0 Å². The van der Waals surface area contributed by atoms with Gasteiger partial charge in [0.2, 0.25) is 0 Å². The van der Waals surface area contributed by atoms with Crippen molar-refractivity contribution in [2.75, 3.05) is 5.73 Å². The lowest BCUT2D eigenvalue weighted by Crippen LogP contribution is -2.30. The van der Waals surface area contributed by atoms with Crippen molar-refractivity contribution in [1.82, 2.24) is 5.43 Å². The van der Waals surface area contributed by atoms with Crippen LogP contribution in [0.4, 0.5) is 5.69 Å². The third-order valence-electron chi connectivity index (χ3n) is 1.48. The molecule has 6 N–H and O–H groups in total. The molecule has 0 fully saturated rings. The highest BCUT2D eigenvalue weighted by Crippen LogP contribution is 2.28. The molecule has 6 heteroatoms. The molecular weight excluding hydrogens is 194 g/mol. The molecule has 1 aromatic carbocycles. The van der Waals surface area contributed by atoms with E-state index in [2.05, 4.69) is 0 Å². The van der Waals surface area contributed by atoms with Crippen molar-refractivity contribution < 1.29 is 9.90 Å². The Hall–Kier alpha value is -1.46. The number of phenolic OH excluding ortho intramolecular Hbond substituents is 1. The first-order valence-corrected chi connectivity index (χ1v) is 3.73. The zero-order valence-corrected chi connectivity index (χ0v) is 7.30. The summed E-state index contributed by atoms with van der Waals surface area (Å²) in [6, 6.07) is 2.61. The Morgan fingerprint density at radius 1 is 1.54 bits per heavy atom. The normalized spacial score (nSPS) is 9.69. The largest absolute Gasteiger partial charge is 0.505 e. The summed E-state index contributed by atoms with van der Waals surface area (Å²) >= 11 is 5.61. The Morgan fingerprint density at radius 3 is 2.69 bits per heavy atom. The zero-order valence-electron chi connectivity index (χ0n) is 6.54. The Kier molecular flexibility index (Phi) is 2.60. The summed E-state index contributed by atoms with van der Waals surface area (Å²) in [5.74, 6) is 3.91. The van der Waals surface area contributed by atoms with E-state index in [9.17, 15) is 9.90 Å². The second kappa shape index (κ2) is 3.51. The van der Waals surface area contributed by atoms with Crippen LogP contribution in [0, 0.1) is 0 Å². The molecule has 0 bridgehead atoms. The Labute approximate surface area is 79.3 Å². The van der Waals surface area contributed by atoms with E-state index in [1.54, 1.807) is 0 Å². The number of nitrogen functional groups attached to an aromatic ring is 2. The molecule has 0 aromatic heterocycles. The lowest BCUT2D eigenvalue weighted by atomic mass is 10.1. The van der Waals surface area contributed by atoms with E-state index in [0.29, 0.717) is 0 Å². The number of phenols is 1. The number of nitrogens with one attached hydrogen (secondary N) is 1. The minimum absolute atomic E-state index is 0.0334. The quantitative estimate of drug-likeness (QED) is 0.172. The van der Waals surface area contributed by atoms with Crippen LogP contribution in [0.15, 0.2) is 12.1 Å². The molecule has 0 heterocycles. The Bertz CT molecular complexity index is 354. The summed E-state index contributed by atoms with van der Waals surface area (Å²) in [6.45, 7) is 0. The van der Waals surface area contributed by atoms with Crippen molar-refractivity contribution in [2.24, 2.45) is 5.84 Å². The highest BCUT2D eigenvalue weighted by atomic mass is 35.5. The van der Waals surface area contributed by atoms with Gasteiger partial charge in [-0.25, -0.2) is 5.84 Å². The van der Waals surface area contributed by atoms with Gasteiger partial charge in [-0.2, -0.15) is 0 Å². The van der Waals surface area contributed by atoms with Crippen LogP contribution in [0.5, 0.6) is 5.75 Å². The number of aromatic hydroxyl groups is 1. The average Bonchev–Trinajstić information content (AvgIpc) is 2.10. The van der Waals surface area contributed by atoms with Crippen LogP contribution in [0.2, 0.25) is 5.02 Å². The number of carbonyl (C=O) groups excluding carboxylic acids is 1. The minimum Gasteiger partial charge on any atom is -0.505 e. The first-order valence-electron chi connectivity index (χ1n) is 3.35. The molecule has 1 aromatic rings. The second-order valence-electron chi connectivity index (χ2n) is 2.36. The highest BCUT2D eigenvalue weighted by molar-refractivity contribution is 6.31. The van der Waals surface area contributed by atoms with Gasteiger partial charge in [-0.05, 0) is 12.1 Å². The van der Waals surface area contributed by atoms with Crippen LogP contribution in [-0.4, -0.2) is 11.0 Å². The molecule has 13 heavy (non-hydrogen) atoms. The van der Waals surface area contributed by atoms with Gasteiger partial charge in [0.1, 0.15) is 0 Å². The lowest BCUT2D eigenvalue weighted by molar-refractivity contribution is 0.0951. The van der Waals surface area contributed by atoms with Crippen LogP contribution >= 0.6 is 11.6 Å². The van der Waals surface area contributed by atoms with Gasteiger partial charge < -0.3 is 10.8 Å². The maximum atomic E-state index is 11.0. The number of rotatable bonds is 1. The van der Waals surface area contributed by atoms with Crippen molar-refractivity contribution in [3.05, 3.63) is 22.7 Å². The smallest absolute Gasteiger partial charge is 0.269 e. The maximum absolute atomic E-state index is 11.0. The summed E-state index contributed by atoms with van der Waals surface area (Å²) < 4.78 is 0. The molecular formula is C7H8ClN3O2. The average molecular weight is 202 g/mol. The number of halogens is 1. The van der Waals surface area contributed by atoms with E-state index >= 15 is 0 Å². The molecule has 1 rings (SSSR count). The van der Waals surface area contributed by atoms with Crippen LogP contribution in [0.25, 0.3) is 0 Å². The summed E-state index contributed by atoms with van der Waals surface area (Å²) in [5, 5.41) is 9.58. The van der Waals surface area contributed by atoms with E-state index in [1.807, 2.05) is 5.43 Å². The molecule has 0 saturated carbocycles. The number of nitrogens with two attached hydrogens (primary N) is 2. The van der Waals surface area contributed by atoms with Crippen LogP contribution in [0.1, 0.15) is 10.4 Å². The third-order valence-corrected chi connectivity index (χ3v) is 1.70. The second-order valence-corrected chi connectivity index (χ2v) is 2.80. The third kappa shape index (κ3) is 1.82. The first-order chi connectivity index (χ1) is 6.06. The standard InChI is InChI=1S/C7H8ClN3O2/c8-3-1-4(7(13)11-10)6(12)5(9)2-3/h1-2,12H,9-10H2,(H,11,13). The molecule has 70 valence electrons. The lowest BCUT2D eigenvalue weighted by Gasteiger charge is -2.05. The molecule has 1 amide bonds. The molecule has 0 unspecified atom stereocenters. The molecule has 0 aliphatic rings. The minimum atomic E-state index is -0.647. The number of carbonyl (C=O) groups is 1. The molecule has 0 aliphatic carbocycles. The molecule has 5 nitrogen and oxygen atoms in total. The van der Waals surface area contributed by atoms with Gasteiger partial charge in [-0.1, -0.05) is 11.6 Å². The van der Waals surface area contributed by atoms with E-state index in [-0.39, 0.29) is 22.0 Å². The van der Waals surface area contributed by atoms with Gasteiger partial charge >= 0.3 is 0 Å². The Morgan fingerprint density at radius 2 is 2.15 bits per heavy atom. The van der Waals surface area contributed by atoms with Gasteiger partial charge in [-0.3, -0.25) is 10.2 Å². The molecule has 0 atom stereocenters. The predicted octanol–water partition coefficient (Wildman–Crippen LogP) is 0.231. The predicted molar refractivity (Wildman–Crippen MR) is 49.2 cm³/mol. The molecule has 0 saturated heterocycles. The summed E-state index contributed by atoms with van der Waals surface area (Å²) in [5.41, 5.74) is 7.21. The monoisotopic (exact) mass is 201 g/mol. The van der Waals surface area contributed by atoms with Crippen molar-refractivity contribution in [3.63, 3.8) is 0 Å². The number of hydrogen-bond acceptors (Lipinski definition) is 4. The number of benzene rings is 1. The SMILES string of the molecule is NNC(=O)c1cc(Cl)cc(N)c1O. The van der Waals surface area contributed by atoms with Crippen molar-refractivity contribution >= 4 is 23.2 Å². The van der Waals surface area contributed by atoms with Crippen LogP contribution in [0.3, 0.4) is 0 Å². The van der Waals surface area contributed by atoms with E-state index in [1.165, 1.54) is 12.1 Å². The van der Waals surface area contributed by atoms with Gasteiger partial charge in [0, 0.05) is 5.02 Å². The molecule has 0 radical (unpaired) electrons. The Balaban J connectivity index is 3.28. The first kappa shape index (κ1) is 9.63. The summed E-state index contributed by atoms with van der Waals surface area (Å²) in [7, 11) is 0. The number of anilines is 1. The number of hydrazine groups is 1. The maximum Gasteiger partial charge on any atom is 0.269 e. The van der Waals surface area contributed by atoms with Crippen molar-refractivity contribution in [3.8, 4) is 5.75 Å². The van der Waals surface area contributed by atoms with Gasteiger partial charge in [0.15, 0.2) is 5.75 Å². The van der Waals surface area contributed by atoms with Crippen LogP contribution in [-0.2, 0) is 0 Å². The van der Waals surface area contributed by atoms with Gasteiger partial charge in [-0.15, -0.1) is 0 Å². The van der Waals surface area contributed by atoms with E-state index in [4.69, 9.17) is 23.2 Å². The van der Waals surface area contributed by atoms with Gasteiger partial charge in [0.25, 0.3) is 5.91 Å². The fraction of sp³-hybridized carbons (Fsp3) is 0. The molecule has 0 aliphatic heterocycles. The zero-order chi connectivity index (χ0) is 10.0. The molecule has 0 spiro atoms. The van der Waals surface area contributed by atoms with Gasteiger partial charge in [0.05, 0.1) is 11.3 Å².